The molecule has 0 aliphatic carbocycles. The molecule has 0 aromatic heterocycles. The smallest absolute Gasteiger partial charge is 0.346 e. The summed E-state index contributed by atoms with van der Waals surface area (Å²) < 4.78 is 47.2. The second-order valence-corrected chi connectivity index (χ2v) is 14.7. The van der Waals surface area contributed by atoms with E-state index in [4.69, 9.17) is 42.3 Å². The highest BCUT2D eigenvalue weighted by molar-refractivity contribution is 7.91. The molecule has 15 heteroatoms. The third kappa shape index (κ3) is 10.8. The van der Waals surface area contributed by atoms with Crippen LogP contribution in [0.3, 0.4) is 0 Å². The minimum atomic E-state index is -3.67. The second kappa shape index (κ2) is 18.3. The Kier molecular flexibility index (Phi) is 12.6. The molecule has 1 aliphatic rings. The first-order valence-corrected chi connectivity index (χ1v) is 19.3. The zero-order valence-electron chi connectivity index (χ0n) is 31.4. The van der Waals surface area contributed by atoms with Crippen LogP contribution >= 0.6 is 0 Å². The van der Waals surface area contributed by atoms with Crippen molar-refractivity contribution < 1.29 is 46.9 Å². The predicted octanol–water partition coefficient (Wildman–Crippen LogP) is 8.61. The molecule has 0 atom stereocenters. The highest BCUT2D eigenvalue weighted by Crippen LogP contribution is 2.29. The Bertz CT molecular complexity index is 2590. The number of benzene rings is 7. The number of carbonyl (C=O) groups is 3. The SMILES string of the molecule is Nc1ccc(Oc2ccc(N)cc2)cc1.Nc1ccc(Oc2ccc(S(=O)(=O)c3ccc(Oc4ccc(N)cc4)cc3)cc2)cc1.O=C(O)c1ccc2c(c1)C(=O)OC2=O. The van der Waals surface area contributed by atoms with E-state index >= 15 is 0 Å². The summed E-state index contributed by atoms with van der Waals surface area (Å²) in [6, 6.07) is 44.6. The summed E-state index contributed by atoms with van der Waals surface area (Å²) in [5.41, 5.74) is 25.3. The van der Waals surface area contributed by atoms with Crippen molar-refractivity contribution in [2.24, 2.45) is 0 Å². The van der Waals surface area contributed by atoms with Crippen LogP contribution in [0.5, 0.6) is 34.5 Å². The molecular formula is C45H36N4O10S. The van der Waals surface area contributed by atoms with E-state index in [-0.39, 0.29) is 26.5 Å². The zero-order chi connectivity index (χ0) is 42.8. The maximum Gasteiger partial charge on any atom is 0.346 e. The van der Waals surface area contributed by atoms with Crippen molar-refractivity contribution in [3.05, 3.63) is 180 Å². The van der Waals surface area contributed by atoms with Crippen LogP contribution in [-0.4, -0.2) is 31.4 Å². The van der Waals surface area contributed by atoms with Crippen LogP contribution in [0, 0.1) is 0 Å². The fourth-order valence-electron chi connectivity index (χ4n) is 5.28. The van der Waals surface area contributed by atoms with Gasteiger partial charge in [-0.15, -0.1) is 0 Å². The lowest BCUT2D eigenvalue weighted by molar-refractivity contribution is 0.0443. The molecule has 0 fully saturated rings. The lowest BCUT2D eigenvalue weighted by Gasteiger charge is -2.09. The number of rotatable bonds is 9. The summed E-state index contributed by atoms with van der Waals surface area (Å²) in [5, 5.41) is 8.63. The monoisotopic (exact) mass is 824 g/mol. The van der Waals surface area contributed by atoms with E-state index in [1.54, 1.807) is 97.1 Å². The molecule has 302 valence electrons. The number of carboxylic acid groups (broad SMARTS) is 1. The highest BCUT2D eigenvalue weighted by Gasteiger charge is 2.30. The van der Waals surface area contributed by atoms with E-state index in [0.717, 1.165) is 28.9 Å². The molecule has 0 radical (unpaired) electrons. The van der Waals surface area contributed by atoms with E-state index in [2.05, 4.69) is 4.74 Å². The molecule has 0 bridgehead atoms. The highest BCUT2D eigenvalue weighted by atomic mass is 32.2. The number of esters is 2. The molecule has 0 saturated carbocycles. The molecule has 0 saturated heterocycles. The summed E-state index contributed by atoms with van der Waals surface area (Å²) in [6.07, 6.45) is 0. The van der Waals surface area contributed by atoms with Crippen molar-refractivity contribution in [2.75, 3.05) is 22.9 Å². The number of aromatic carboxylic acids is 1. The fourth-order valence-corrected chi connectivity index (χ4v) is 6.54. The van der Waals surface area contributed by atoms with Crippen molar-refractivity contribution in [3.63, 3.8) is 0 Å². The van der Waals surface area contributed by atoms with Gasteiger partial charge in [0.05, 0.1) is 26.5 Å². The molecule has 7 aromatic carbocycles. The third-order valence-electron chi connectivity index (χ3n) is 8.39. The average molecular weight is 825 g/mol. The van der Waals surface area contributed by atoms with Crippen molar-refractivity contribution in [3.8, 4) is 34.5 Å². The van der Waals surface area contributed by atoms with Crippen molar-refractivity contribution >= 4 is 50.5 Å². The van der Waals surface area contributed by atoms with Crippen LogP contribution in [-0.2, 0) is 14.6 Å². The van der Waals surface area contributed by atoms with Crippen molar-refractivity contribution in [2.45, 2.75) is 9.79 Å². The first-order valence-electron chi connectivity index (χ1n) is 17.8. The first-order chi connectivity index (χ1) is 28.7. The zero-order valence-corrected chi connectivity index (χ0v) is 32.2. The van der Waals surface area contributed by atoms with Gasteiger partial charge in [0.2, 0.25) is 9.84 Å². The number of fused-ring (bicyclic) bond motifs is 1. The van der Waals surface area contributed by atoms with Gasteiger partial charge in [-0.3, -0.25) is 0 Å². The van der Waals surface area contributed by atoms with Crippen LogP contribution in [0.1, 0.15) is 31.1 Å². The number of anilines is 4. The van der Waals surface area contributed by atoms with Gasteiger partial charge in [0.15, 0.2) is 0 Å². The van der Waals surface area contributed by atoms with Gasteiger partial charge in [-0.2, -0.15) is 0 Å². The lowest BCUT2D eigenvalue weighted by atomic mass is 10.1. The molecule has 8 rings (SSSR count). The third-order valence-corrected chi connectivity index (χ3v) is 10.2. The van der Waals surface area contributed by atoms with Gasteiger partial charge in [0.1, 0.15) is 34.5 Å². The van der Waals surface area contributed by atoms with Crippen LogP contribution in [0.2, 0.25) is 0 Å². The van der Waals surface area contributed by atoms with Crippen LogP contribution < -0.4 is 37.1 Å². The van der Waals surface area contributed by atoms with Gasteiger partial charge in [-0.25, -0.2) is 22.8 Å². The number of sulfone groups is 1. The number of cyclic esters (lactones) is 2. The van der Waals surface area contributed by atoms with Gasteiger partial charge in [-0.05, 0) is 164 Å². The minimum absolute atomic E-state index is 0.00917. The van der Waals surface area contributed by atoms with Crippen molar-refractivity contribution in [1.29, 1.82) is 0 Å². The molecule has 1 aliphatic heterocycles. The van der Waals surface area contributed by atoms with Crippen molar-refractivity contribution in [1.82, 2.24) is 0 Å². The Balaban J connectivity index is 0.000000172. The number of nitrogens with two attached hydrogens (primary N) is 4. The van der Waals surface area contributed by atoms with Gasteiger partial charge in [0.25, 0.3) is 0 Å². The number of nitrogen functional groups attached to an aromatic ring is 4. The Morgan fingerprint density at radius 1 is 0.433 bits per heavy atom. The Labute approximate surface area is 344 Å². The minimum Gasteiger partial charge on any atom is -0.478 e. The largest absolute Gasteiger partial charge is 0.478 e. The first kappa shape index (κ1) is 41.3. The maximum absolute atomic E-state index is 12.9. The topological polar surface area (TPSA) is 247 Å². The van der Waals surface area contributed by atoms with Gasteiger partial charge < -0.3 is 47.0 Å². The molecular weight excluding hydrogens is 789 g/mol. The number of hydrogen-bond acceptors (Lipinski definition) is 13. The molecule has 1 heterocycles. The molecule has 0 unspecified atom stereocenters. The second-order valence-electron chi connectivity index (χ2n) is 12.8. The van der Waals surface area contributed by atoms with Gasteiger partial charge >= 0.3 is 17.9 Å². The summed E-state index contributed by atoms with van der Waals surface area (Å²) in [5.74, 6) is 1.10. The molecule has 0 spiro atoms. The average Bonchev–Trinajstić information content (AvgIpc) is 3.53. The van der Waals surface area contributed by atoms with E-state index < -0.39 is 27.7 Å². The number of ether oxygens (including phenoxy) is 4. The molecule has 0 amide bonds. The molecule has 7 aromatic rings. The Morgan fingerprint density at radius 3 is 1.02 bits per heavy atom. The van der Waals surface area contributed by atoms with E-state index in [9.17, 15) is 22.8 Å². The summed E-state index contributed by atoms with van der Waals surface area (Å²) in [7, 11) is -3.67. The lowest BCUT2D eigenvalue weighted by Crippen LogP contribution is -2.01. The number of hydrogen-bond donors (Lipinski definition) is 5. The Hall–Kier alpha value is -8.30. The predicted molar refractivity (Wildman–Crippen MR) is 225 cm³/mol. The maximum atomic E-state index is 12.9. The molecule has 14 nitrogen and oxygen atoms in total. The standard InChI is InChI=1S/C24H20N2O4S.C12H12N2O.C9H4O5/c25-17-1-5-19(6-2-17)29-21-9-13-23(14-10-21)31(27,28)24-15-11-22(12-16-24)30-20-7-3-18(26)4-8-20;13-9-1-5-11(6-2-9)15-12-7-3-10(14)4-8-12;10-7(11)4-1-2-5-6(3-4)9(13)14-8(5)12/h1-16H,25-26H2;1-8H,13-14H2;1-3H,(H,10,11). The van der Waals surface area contributed by atoms with Crippen LogP contribution in [0.15, 0.2) is 174 Å². The van der Waals surface area contributed by atoms with E-state index in [0.29, 0.717) is 34.4 Å². The van der Waals surface area contributed by atoms with E-state index in [1.165, 1.54) is 36.4 Å². The quantitative estimate of drug-likeness (QED) is 0.0520. The summed E-state index contributed by atoms with van der Waals surface area (Å²) >= 11 is 0. The molecule has 9 N–H and O–H groups in total. The normalized spacial score (nSPS) is 11.4. The van der Waals surface area contributed by atoms with E-state index in [1.807, 2.05) is 24.3 Å². The molecule has 60 heavy (non-hydrogen) atoms. The van der Waals surface area contributed by atoms with Crippen LogP contribution in [0.4, 0.5) is 22.7 Å². The van der Waals surface area contributed by atoms with Gasteiger partial charge in [0, 0.05) is 22.7 Å². The van der Waals surface area contributed by atoms with Gasteiger partial charge in [-0.1, -0.05) is 0 Å². The number of carbonyl (C=O) groups excluding carboxylic acids is 2. The summed E-state index contributed by atoms with van der Waals surface area (Å²) in [6.45, 7) is 0. The van der Waals surface area contributed by atoms with Crippen LogP contribution in [0.25, 0.3) is 0 Å². The Morgan fingerprint density at radius 2 is 0.717 bits per heavy atom. The fraction of sp³-hybridized carbons (Fsp3) is 0. The number of carboxylic acids is 1. The summed E-state index contributed by atoms with van der Waals surface area (Å²) in [4.78, 5) is 32.9.